The largest absolute Gasteiger partial charge is 0.252 e. The minimum absolute atomic E-state index is 0.0757. The average Bonchev–Trinajstić information content (AvgIpc) is 2.88. The third kappa shape index (κ3) is 5.13. The average molecular weight is 340 g/mol. The van der Waals surface area contributed by atoms with E-state index in [0.29, 0.717) is 6.54 Å². The highest BCUT2D eigenvalue weighted by Gasteiger charge is 2.23. The van der Waals surface area contributed by atoms with E-state index in [0.717, 1.165) is 15.6 Å². The molecule has 0 aliphatic carbocycles. The van der Waals surface area contributed by atoms with Crippen molar-refractivity contribution in [3.8, 4) is 0 Å². The van der Waals surface area contributed by atoms with E-state index >= 15 is 0 Å². The van der Waals surface area contributed by atoms with Crippen LogP contribution in [0.1, 0.15) is 13.8 Å². The molecule has 1 aromatic heterocycles. The van der Waals surface area contributed by atoms with Gasteiger partial charge in [0, 0.05) is 20.1 Å². The third-order valence-electron chi connectivity index (χ3n) is 2.55. The van der Waals surface area contributed by atoms with Gasteiger partial charge in [0.05, 0.1) is 5.75 Å². The Morgan fingerprint density at radius 2 is 1.95 bits per heavy atom. The van der Waals surface area contributed by atoms with Gasteiger partial charge >= 0.3 is 0 Å². The maximum Gasteiger partial charge on any atom is 0.252 e. The Kier molecular flexibility index (Phi) is 6.14. The maximum absolute atomic E-state index is 12.1. The van der Waals surface area contributed by atoms with Crippen LogP contribution >= 0.6 is 11.3 Å². The quantitative estimate of drug-likeness (QED) is 0.763. The Bertz CT molecular complexity index is 606. The standard InChI is InChI=1S/C11H20N2O4S3/c1-10(2)9-12-19(14,15)8-6-13(3)20(16,17)11-5-4-7-18-11/h4-5,7,10,12H,6,8-9H2,1-3H3. The van der Waals surface area contributed by atoms with Gasteiger partial charge in [0.25, 0.3) is 10.0 Å². The molecule has 0 spiro atoms. The number of sulfonamides is 2. The second kappa shape index (κ2) is 6.99. The molecule has 20 heavy (non-hydrogen) atoms. The van der Waals surface area contributed by atoms with Crippen LogP contribution in [-0.4, -0.2) is 47.0 Å². The van der Waals surface area contributed by atoms with Gasteiger partial charge in [0.1, 0.15) is 4.21 Å². The molecule has 0 aliphatic heterocycles. The SMILES string of the molecule is CC(C)CNS(=O)(=O)CCN(C)S(=O)(=O)c1cccs1. The molecule has 0 bridgehead atoms. The van der Waals surface area contributed by atoms with E-state index in [1.165, 1.54) is 13.1 Å². The first-order valence-electron chi connectivity index (χ1n) is 6.12. The number of hydrogen-bond acceptors (Lipinski definition) is 5. The number of nitrogens with zero attached hydrogens (tertiary/aromatic N) is 1. The van der Waals surface area contributed by atoms with E-state index < -0.39 is 20.0 Å². The molecule has 1 N–H and O–H groups in total. The number of thiophene rings is 1. The minimum atomic E-state index is -3.59. The third-order valence-corrected chi connectivity index (χ3v) is 7.10. The van der Waals surface area contributed by atoms with Crippen molar-refractivity contribution in [1.29, 1.82) is 0 Å². The fourth-order valence-corrected chi connectivity index (χ4v) is 5.03. The summed E-state index contributed by atoms with van der Waals surface area (Å²) in [7, 11) is -5.66. The molecule has 1 heterocycles. The number of nitrogens with one attached hydrogen (secondary N) is 1. The number of rotatable bonds is 8. The monoisotopic (exact) mass is 340 g/mol. The molecule has 116 valence electrons. The lowest BCUT2D eigenvalue weighted by Gasteiger charge is -2.16. The molecule has 0 aliphatic rings. The van der Waals surface area contributed by atoms with Crippen molar-refractivity contribution in [2.75, 3.05) is 25.9 Å². The lowest BCUT2D eigenvalue weighted by atomic mass is 10.2. The minimum Gasteiger partial charge on any atom is -0.215 e. The van der Waals surface area contributed by atoms with Gasteiger partial charge in [0.15, 0.2) is 0 Å². The van der Waals surface area contributed by atoms with Crippen LogP contribution in [0.25, 0.3) is 0 Å². The lowest BCUT2D eigenvalue weighted by molar-refractivity contribution is 0.484. The summed E-state index contributed by atoms with van der Waals surface area (Å²) in [6, 6.07) is 3.15. The molecule has 1 rings (SSSR count). The first-order chi connectivity index (χ1) is 9.15. The van der Waals surface area contributed by atoms with Gasteiger partial charge in [-0.3, -0.25) is 0 Å². The van der Waals surface area contributed by atoms with Crippen molar-refractivity contribution in [1.82, 2.24) is 9.03 Å². The predicted octanol–water partition coefficient (Wildman–Crippen LogP) is 0.944. The molecule has 0 radical (unpaired) electrons. The van der Waals surface area contributed by atoms with Crippen LogP contribution in [0.4, 0.5) is 0 Å². The topological polar surface area (TPSA) is 83.6 Å². The molecule has 0 fully saturated rings. The van der Waals surface area contributed by atoms with Gasteiger partial charge in [0.2, 0.25) is 10.0 Å². The zero-order valence-electron chi connectivity index (χ0n) is 11.7. The molecular weight excluding hydrogens is 320 g/mol. The van der Waals surface area contributed by atoms with E-state index in [1.54, 1.807) is 11.4 Å². The van der Waals surface area contributed by atoms with Crippen LogP contribution in [0.3, 0.4) is 0 Å². The summed E-state index contributed by atoms with van der Waals surface area (Å²) in [5.41, 5.74) is 0. The van der Waals surface area contributed by atoms with Crippen LogP contribution in [0.2, 0.25) is 0 Å². The van der Waals surface area contributed by atoms with Crippen molar-refractivity contribution < 1.29 is 16.8 Å². The summed E-state index contributed by atoms with van der Waals surface area (Å²) >= 11 is 1.11. The molecule has 0 saturated carbocycles. The Hall–Kier alpha value is -0.480. The molecule has 0 unspecified atom stereocenters. The van der Waals surface area contributed by atoms with Crippen molar-refractivity contribution >= 4 is 31.4 Å². The molecule has 0 saturated heterocycles. The molecule has 1 aromatic rings. The molecule has 0 atom stereocenters. The summed E-state index contributed by atoms with van der Waals surface area (Å²) in [6.45, 7) is 4.07. The Morgan fingerprint density at radius 1 is 1.30 bits per heavy atom. The van der Waals surface area contributed by atoms with Crippen LogP contribution in [0, 0.1) is 5.92 Å². The lowest BCUT2D eigenvalue weighted by Crippen LogP contribution is -2.36. The van der Waals surface area contributed by atoms with Crippen molar-refractivity contribution in [3.05, 3.63) is 17.5 Å². The van der Waals surface area contributed by atoms with Crippen molar-refractivity contribution in [2.24, 2.45) is 5.92 Å². The van der Waals surface area contributed by atoms with Crippen LogP contribution in [-0.2, 0) is 20.0 Å². The second-order valence-electron chi connectivity index (χ2n) is 4.82. The summed E-state index contributed by atoms with van der Waals surface area (Å²) < 4.78 is 51.4. The summed E-state index contributed by atoms with van der Waals surface area (Å²) in [6.07, 6.45) is 0. The summed E-state index contributed by atoms with van der Waals surface area (Å²) in [5.74, 6) is -0.0433. The van der Waals surface area contributed by atoms with Gasteiger partial charge in [-0.05, 0) is 17.4 Å². The van der Waals surface area contributed by atoms with E-state index in [-0.39, 0.29) is 22.4 Å². The first kappa shape index (κ1) is 17.6. The van der Waals surface area contributed by atoms with Gasteiger partial charge < -0.3 is 0 Å². The van der Waals surface area contributed by atoms with E-state index in [1.807, 2.05) is 13.8 Å². The smallest absolute Gasteiger partial charge is 0.215 e. The Labute approximate surface area is 124 Å². The highest BCUT2D eigenvalue weighted by molar-refractivity contribution is 7.91. The van der Waals surface area contributed by atoms with Gasteiger partial charge in [-0.2, -0.15) is 4.31 Å². The van der Waals surface area contributed by atoms with Crippen molar-refractivity contribution in [2.45, 2.75) is 18.1 Å². The molecule has 6 nitrogen and oxygen atoms in total. The first-order valence-corrected chi connectivity index (χ1v) is 10.1. The predicted molar refractivity (Wildman–Crippen MR) is 80.8 cm³/mol. The van der Waals surface area contributed by atoms with E-state index in [9.17, 15) is 16.8 Å². The Balaban J connectivity index is 2.62. The van der Waals surface area contributed by atoms with Crippen LogP contribution in [0.15, 0.2) is 21.7 Å². The normalized spacial score (nSPS) is 13.2. The van der Waals surface area contributed by atoms with E-state index in [4.69, 9.17) is 0 Å². The van der Waals surface area contributed by atoms with Gasteiger partial charge in [-0.15, -0.1) is 11.3 Å². The molecule has 0 amide bonds. The van der Waals surface area contributed by atoms with Gasteiger partial charge in [-0.1, -0.05) is 19.9 Å². The zero-order valence-corrected chi connectivity index (χ0v) is 14.2. The summed E-state index contributed by atoms with van der Waals surface area (Å²) in [5, 5.41) is 1.67. The summed E-state index contributed by atoms with van der Waals surface area (Å²) in [4.78, 5) is 0. The molecule has 9 heteroatoms. The van der Waals surface area contributed by atoms with Crippen LogP contribution < -0.4 is 4.72 Å². The second-order valence-corrected chi connectivity index (χ2v) is 9.97. The highest BCUT2D eigenvalue weighted by atomic mass is 32.2. The van der Waals surface area contributed by atoms with Crippen molar-refractivity contribution in [3.63, 3.8) is 0 Å². The fourth-order valence-electron chi connectivity index (χ4n) is 1.30. The maximum atomic E-state index is 12.1. The highest BCUT2D eigenvalue weighted by Crippen LogP contribution is 2.19. The van der Waals surface area contributed by atoms with Crippen LogP contribution in [0.5, 0.6) is 0 Å². The molecule has 0 aromatic carbocycles. The molecular formula is C11H20N2O4S3. The number of hydrogen-bond donors (Lipinski definition) is 1. The van der Waals surface area contributed by atoms with Gasteiger partial charge in [-0.25, -0.2) is 21.6 Å². The fraction of sp³-hybridized carbons (Fsp3) is 0.636. The van der Waals surface area contributed by atoms with E-state index in [2.05, 4.69) is 4.72 Å². The Morgan fingerprint density at radius 3 is 2.45 bits per heavy atom. The zero-order chi connectivity index (χ0) is 15.4.